The lowest BCUT2D eigenvalue weighted by Crippen LogP contribution is -2.13. The Morgan fingerprint density at radius 2 is 1.81 bits per heavy atom. The first kappa shape index (κ1) is 24.8. The molecule has 0 aliphatic carbocycles. The highest BCUT2D eigenvalue weighted by atomic mass is 32.1. The number of hydrogen-bond donors (Lipinski definition) is 1. The molecule has 1 N–H and O–H groups in total. The smallest absolute Gasteiger partial charge is 0.308 e. The van der Waals surface area contributed by atoms with Crippen LogP contribution in [0.25, 0.3) is 5.00 Å². The summed E-state index contributed by atoms with van der Waals surface area (Å²) in [6.07, 6.45) is 0.0831. The number of nitrogens with zero attached hydrogens (tertiary/aromatic N) is 4. The number of rotatable bonds is 7. The molecule has 2 aromatic heterocycles. The first-order chi connectivity index (χ1) is 17.9. The summed E-state index contributed by atoms with van der Waals surface area (Å²) in [6.45, 7) is 8.81. The van der Waals surface area contributed by atoms with Crippen LogP contribution in [0.2, 0.25) is 0 Å². The first-order valence-electron chi connectivity index (χ1n) is 12.2. The third-order valence-electron chi connectivity index (χ3n) is 6.47. The van der Waals surface area contributed by atoms with Gasteiger partial charge in [-0.15, -0.1) is 21.5 Å². The Hall–Kier alpha value is -3.85. The summed E-state index contributed by atoms with van der Waals surface area (Å²) in [5.41, 5.74) is 5.88. The van der Waals surface area contributed by atoms with E-state index in [0.717, 1.165) is 44.5 Å². The molecule has 2 aromatic carbocycles. The van der Waals surface area contributed by atoms with Crippen LogP contribution in [0.15, 0.2) is 53.5 Å². The lowest BCUT2D eigenvalue weighted by atomic mass is 9.99. The second-order valence-corrected chi connectivity index (χ2v) is 10.2. The third-order valence-corrected chi connectivity index (χ3v) is 7.67. The van der Waals surface area contributed by atoms with Crippen molar-refractivity contribution in [1.82, 2.24) is 14.8 Å². The Morgan fingerprint density at radius 1 is 1.08 bits per heavy atom. The van der Waals surface area contributed by atoms with Crippen LogP contribution in [-0.4, -0.2) is 33.1 Å². The van der Waals surface area contributed by atoms with E-state index < -0.39 is 6.04 Å². The van der Waals surface area contributed by atoms with Gasteiger partial charge in [0.1, 0.15) is 22.7 Å². The Morgan fingerprint density at radius 3 is 2.51 bits per heavy atom. The second-order valence-electron chi connectivity index (χ2n) is 8.96. The molecule has 0 saturated carbocycles. The van der Waals surface area contributed by atoms with E-state index in [1.165, 1.54) is 17.0 Å². The van der Waals surface area contributed by atoms with Crippen molar-refractivity contribution in [3.63, 3.8) is 0 Å². The van der Waals surface area contributed by atoms with Crippen molar-refractivity contribution in [2.75, 3.05) is 11.9 Å². The van der Waals surface area contributed by atoms with Crippen LogP contribution in [0, 0.1) is 26.6 Å². The normalized spacial score (nSPS) is 14.4. The van der Waals surface area contributed by atoms with Gasteiger partial charge in [-0.2, -0.15) is 0 Å². The van der Waals surface area contributed by atoms with Gasteiger partial charge in [-0.1, -0.05) is 24.3 Å². The minimum absolute atomic E-state index is 0.0831. The molecule has 0 bridgehead atoms. The molecule has 0 spiro atoms. The topological polar surface area (TPSA) is 81.4 Å². The number of thiophene rings is 1. The fourth-order valence-corrected chi connectivity index (χ4v) is 5.67. The van der Waals surface area contributed by atoms with Crippen LogP contribution < -0.4 is 5.32 Å². The van der Waals surface area contributed by atoms with Gasteiger partial charge in [-0.3, -0.25) is 14.4 Å². The van der Waals surface area contributed by atoms with E-state index >= 15 is 0 Å². The van der Waals surface area contributed by atoms with Crippen LogP contribution in [0.3, 0.4) is 0 Å². The summed E-state index contributed by atoms with van der Waals surface area (Å²) >= 11 is 1.68. The molecule has 3 heterocycles. The molecule has 4 aromatic rings. The maximum absolute atomic E-state index is 13.2. The van der Waals surface area contributed by atoms with Crippen LogP contribution in [-0.2, 0) is 16.1 Å². The molecular weight excluding hydrogens is 489 g/mol. The number of nitrogens with one attached hydrogen (secondary N) is 1. The predicted molar refractivity (Wildman–Crippen MR) is 143 cm³/mol. The SMILES string of the molecule is CCOC(=O)C[C@@H]1N=C(c2ccc(NCc3ccc(F)cc3)cc2)c2c(sc(C)c2C)-n2c(C)nnc21. The number of aliphatic imine (C=N–C) groups is 1. The molecule has 0 radical (unpaired) electrons. The molecule has 5 rings (SSSR count). The maximum atomic E-state index is 13.2. The van der Waals surface area contributed by atoms with Gasteiger partial charge in [0.05, 0.1) is 18.7 Å². The standard InChI is InChI=1S/C28H28FN5O2S/c1-5-36-24(35)14-23-27-33-32-18(4)34(27)28-25(16(2)17(3)37-28)26(31-23)20-8-12-22(13-9-20)30-15-19-6-10-21(29)11-7-19/h6-13,23,30H,5,14-15H2,1-4H3/t23-/m0/s1. The van der Waals surface area contributed by atoms with Crippen molar-refractivity contribution in [2.24, 2.45) is 4.99 Å². The summed E-state index contributed by atoms with van der Waals surface area (Å²) in [6, 6.07) is 14.0. The van der Waals surface area contributed by atoms with Crippen molar-refractivity contribution in [2.45, 2.75) is 46.7 Å². The highest BCUT2D eigenvalue weighted by Gasteiger charge is 2.32. The van der Waals surface area contributed by atoms with E-state index in [1.54, 1.807) is 30.4 Å². The van der Waals surface area contributed by atoms with Crippen LogP contribution in [0.1, 0.15) is 58.2 Å². The molecule has 1 atom stereocenters. The Kier molecular flexibility index (Phi) is 6.88. The molecule has 190 valence electrons. The van der Waals surface area contributed by atoms with Gasteiger partial charge < -0.3 is 10.1 Å². The molecule has 7 nitrogen and oxygen atoms in total. The molecule has 9 heteroatoms. The highest BCUT2D eigenvalue weighted by Crippen LogP contribution is 2.39. The lowest BCUT2D eigenvalue weighted by Gasteiger charge is -2.13. The number of ether oxygens (including phenoxy) is 1. The van der Waals surface area contributed by atoms with E-state index in [2.05, 4.69) is 29.4 Å². The average Bonchev–Trinajstić information content (AvgIpc) is 3.36. The van der Waals surface area contributed by atoms with Gasteiger partial charge in [0.25, 0.3) is 0 Å². The zero-order chi connectivity index (χ0) is 26.1. The number of aryl methyl sites for hydroxylation is 2. The average molecular weight is 518 g/mol. The maximum Gasteiger partial charge on any atom is 0.308 e. The van der Waals surface area contributed by atoms with Crippen molar-refractivity contribution in [3.05, 3.63) is 93.1 Å². The van der Waals surface area contributed by atoms with Crippen molar-refractivity contribution in [1.29, 1.82) is 0 Å². The number of hydrogen-bond acceptors (Lipinski definition) is 7. The molecule has 37 heavy (non-hydrogen) atoms. The van der Waals surface area contributed by atoms with E-state index in [1.807, 2.05) is 35.8 Å². The van der Waals surface area contributed by atoms with Gasteiger partial charge in [0.15, 0.2) is 5.82 Å². The van der Waals surface area contributed by atoms with Gasteiger partial charge in [0, 0.05) is 28.2 Å². The third kappa shape index (κ3) is 4.91. The van der Waals surface area contributed by atoms with E-state index in [0.29, 0.717) is 19.0 Å². The Labute approximate surface area is 219 Å². The number of carbonyl (C=O) groups excluding carboxylic acids is 1. The Balaban J connectivity index is 1.52. The quantitative estimate of drug-likeness (QED) is 0.311. The number of fused-ring (bicyclic) bond motifs is 3. The second kappa shape index (κ2) is 10.3. The van der Waals surface area contributed by atoms with Gasteiger partial charge in [0.2, 0.25) is 0 Å². The van der Waals surface area contributed by atoms with Crippen molar-refractivity contribution >= 4 is 28.7 Å². The van der Waals surface area contributed by atoms with Gasteiger partial charge in [-0.05, 0) is 63.1 Å². The van der Waals surface area contributed by atoms with E-state index in [4.69, 9.17) is 9.73 Å². The number of halogens is 1. The largest absolute Gasteiger partial charge is 0.466 e. The van der Waals surface area contributed by atoms with Gasteiger partial charge >= 0.3 is 5.97 Å². The number of benzene rings is 2. The van der Waals surface area contributed by atoms with Crippen LogP contribution >= 0.6 is 11.3 Å². The van der Waals surface area contributed by atoms with Crippen LogP contribution in [0.4, 0.5) is 10.1 Å². The lowest BCUT2D eigenvalue weighted by molar-refractivity contribution is -0.143. The number of anilines is 1. The molecule has 0 unspecified atom stereocenters. The molecule has 0 amide bonds. The molecule has 0 fully saturated rings. The van der Waals surface area contributed by atoms with Crippen molar-refractivity contribution in [3.8, 4) is 5.00 Å². The fraction of sp³-hybridized carbons (Fsp3) is 0.286. The summed E-state index contributed by atoms with van der Waals surface area (Å²) < 4.78 is 20.5. The zero-order valence-electron chi connectivity index (χ0n) is 21.2. The fourth-order valence-electron chi connectivity index (χ4n) is 4.45. The summed E-state index contributed by atoms with van der Waals surface area (Å²) in [4.78, 5) is 18.8. The van der Waals surface area contributed by atoms with Gasteiger partial charge in [-0.25, -0.2) is 4.39 Å². The van der Waals surface area contributed by atoms with Crippen LogP contribution in [0.5, 0.6) is 0 Å². The van der Waals surface area contributed by atoms with E-state index in [9.17, 15) is 9.18 Å². The molecular formula is C28H28FN5O2S. The van der Waals surface area contributed by atoms with E-state index in [-0.39, 0.29) is 18.2 Å². The number of aromatic nitrogens is 3. The minimum atomic E-state index is -0.522. The number of carbonyl (C=O) groups is 1. The monoisotopic (exact) mass is 517 g/mol. The molecule has 1 aliphatic rings. The Bertz CT molecular complexity index is 1470. The first-order valence-corrected chi connectivity index (χ1v) is 13.0. The number of esters is 1. The predicted octanol–water partition coefficient (Wildman–Crippen LogP) is 5.85. The summed E-state index contributed by atoms with van der Waals surface area (Å²) in [5, 5.41) is 13.1. The van der Waals surface area contributed by atoms with Crippen molar-refractivity contribution < 1.29 is 13.9 Å². The molecule has 0 saturated heterocycles. The summed E-state index contributed by atoms with van der Waals surface area (Å²) in [5.74, 6) is 0.829. The molecule has 1 aliphatic heterocycles. The summed E-state index contributed by atoms with van der Waals surface area (Å²) in [7, 11) is 0. The zero-order valence-corrected chi connectivity index (χ0v) is 22.0. The minimum Gasteiger partial charge on any atom is -0.466 e. The highest BCUT2D eigenvalue weighted by molar-refractivity contribution is 7.15.